The number of benzene rings is 1. The lowest BCUT2D eigenvalue weighted by Crippen LogP contribution is -2.36. The number of aromatic nitrogens is 1. The average Bonchev–Trinajstić information content (AvgIpc) is 3.04. The molecule has 1 aromatic carbocycles. The SMILES string of the molecule is CC(C)(C)OC(=O)N1CC[C@@H](Oc2ccc3cc[nH]c3c2)C1. The fourth-order valence-corrected chi connectivity index (χ4v) is 2.61. The molecule has 0 saturated carbocycles. The van der Waals surface area contributed by atoms with Gasteiger partial charge in [0.1, 0.15) is 17.5 Å². The molecule has 118 valence electrons. The summed E-state index contributed by atoms with van der Waals surface area (Å²) in [5.74, 6) is 0.825. The fraction of sp³-hybridized carbons (Fsp3) is 0.471. The molecule has 1 aliphatic rings. The molecule has 0 aliphatic carbocycles. The lowest BCUT2D eigenvalue weighted by Gasteiger charge is -2.24. The summed E-state index contributed by atoms with van der Waals surface area (Å²) in [4.78, 5) is 16.9. The molecule has 3 rings (SSSR count). The van der Waals surface area contributed by atoms with Crippen molar-refractivity contribution in [1.29, 1.82) is 0 Å². The fourth-order valence-electron chi connectivity index (χ4n) is 2.61. The van der Waals surface area contributed by atoms with Gasteiger partial charge in [-0.3, -0.25) is 0 Å². The first kappa shape index (κ1) is 14.8. The zero-order chi connectivity index (χ0) is 15.7. The van der Waals surface area contributed by atoms with Gasteiger partial charge >= 0.3 is 6.09 Å². The number of fused-ring (bicyclic) bond motifs is 1. The Morgan fingerprint density at radius 3 is 2.91 bits per heavy atom. The molecule has 0 bridgehead atoms. The highest BCUT2D eigenvalue weighted by atomic mass is 16.6. The number of nitrogens with one attached hydrogen (secondary N) is 1. The van der Waals surface area contributed by atoms with E-state index >= 15 is 0 Å². The summed E-state index contributed by atoms with van der Waals surface area (Å²) in [5, 5.41) is 1.16. The number of carbonyl (C=O) groups is 1. The van der Waals surface area contributed by atoms with Crippen LogP contribution in [-0.4, -0.2) is 40.8 Å². The first-order valence-corrected chi connectivity index (χ1v) is 7.62. The number of ether oxygens (including phenoxy) is 2. The molecule has 2 aromatic rings. The van der Waals surface area contributed by atoms with E-state index in [4.69, 9.17) is 9.47 Å². The molecule has 1 fully saturated rings. The van der Waals surface area contributed by atoms with Crippen LogP contribution >= 0.6 is 0 Å². The van der Waals surface area contributed by atoms with Gasteiger partial charge in [-0.15, -0.1) is 0 Å². The van der Waals surface area contributed by atoms with Crippen molar-refractivity contribution in [3.63, 3.8) is 0 Å². The predicted molar refractivity (Wildman–Crippen MR) is 85.1 cm³/mol. The summed E-state index contributed by atoms with van der Waals surface area (Å²) >= 11 is 0. The number of hydrogen-bond acceptors (Lipinski definition) is 3. The van der Waals surface area contributed by atoms with Crippen LogP contribution in [0.3, 0.4) is 0 Å². The molecule has 2 heterocycles. The van der Waals surface area contributed by atoms with E-state index < -0.39 is 5.60 Å². The number of aromatic amines is 1. The van der Waals surface area contributed by atoms with Crippen molar-refractivity contribution in [2.45, 2.75) is 38.9 Å². The normalized spacial score (nSPS) is 18.7. The summed E-state index contributed by atoms with van der Waals surface area (Å²) in [6, 6.07) is 8.01. The molecule has 1 aliphatic heterocycles. The largest absolute Gasteiger partial charge is 0.488 e. The third-order valence-electron chi connectivity index (χ3n) is 3.63. The lowest BCUT2D eigenvalue weighted by molar-refractivity contribution is 0.0275. The quantitative estimate of drug-likeness (QED) is 0.923. The minimum absolute atomic E-state index is 0.0138. The number of carbonyl (C=O) groups excluding carboxylic acids is 1. The van der Waals surface area contributed by atoms with E-state index in [1.165, 1.54) is 0 Å². The van der Waals surface area contributed by atoms with E-state index in [1.54, 1.807) is 4.90 Å². The maximum atomic E-state index is 12.0. The summed E-state index contributed by atoms with van der Waals surface area (Å²) < 4.78 is 11.4. The van der Waals surface area contributed by atoms with Gasteiger partial charge in [-0.2, -0.15) is 0 Å². The van der Waals surface area contributed by atoms with E-state index in [9.17, 15) is 4.79 Å². The van der Waals surface area contributed by atoms with Crippen LogP contribution in [0.1, 0.15) is 27.2 Å². The number of nitrogens with zero attached hydrogens (tertiary/aromatic N) is 1. The second kappa shape index (κ2) is 5.55. The summed E-state index contributed by atoms with van der Waals surface area (Å²) in [5.41, 5.74) is 0.591. The first-order valence-electron chi connectivity index (χ1n) is 7.62. The highest BCUT2D eigenvalue weighted by molar-refractivity contribution is 5.80. The summed E-state index contributed by atoms with van der Waals surface area (Å²) in [7, 11) is 0. The van der Waals surface area contributed by atoms with Gasteiger partial charge in [0, 0.05) is 30.7 Å². The van der Waals surface area contributed by atoms with Crippen molar-refractivity contribution in [2.75, 3.05) is 13.1 Å². The maximum absolute atomic E-state index is 12.0. The molecule has 5 nitrogen and oxygen atoms in total. The number of H-pyrrole nitrogens is 1. The van der Waals surface area contributed by atoms with E-state index in [0.29, 0.717) is 13.1 Å². The van der Waals surface area contributed by atoms with Crippen LogP contribution in [0.5, 0.6) is 5.75 Å². The third-order valence-corrected chi connectivity index (χ3v) is 3.63. The van der Waals surface area contributed by atoms with Gasteiger partial charge < -0.3 is 19.4 Å². The molecular formula is C17H22N2O3. The molecule has 1 atom stereocenters. The molecule has 0 unspecified atom stereocenters. The van der Waals surface area contributed by atoms with Gasteiger partial charge in [-0.1, -0.05) is 0 Å². The Hall–Kier alpha value is -2.17. The van der Waals surface area contributed by atoms with Crippen LogP contribution in [0.4, 0.5) is 4.79 Å². The molecule has 22 heavy (non-hydrogen) atoms. The zero-order valence-electron chi connectivity index (χ0n) is 13.3. The standard InChI is InChI=1S/C17H22N2O3/c1-17(2,3)22-16(20)19-9-7-14(11-19)21-13-5-4-12-6-8-18-15(12)10-13/h4-6,8,10,14,18H,7,9,11H2,1-3H3/t14-/m1/s1. The van der Waals surface area contributed by atoms with Crippen molar-refractivity contribution in [1.82, 2.24) is 9.88 Å². The zero-order valence-corrected chi connectivity index (χ0v) is 13.3. The Kier molecular flexibility index (Phi) is 3.72. The Morgan fingerprint density at radius 2 is 2.14 bits per heavy atom. The monoisotopic (exact) mass is 302 g/mol. The third kappa shape index (κ3) is 3.35. The van der Waals surface area contributed by atoms with Gasteiger partial charge in [0.2, 0.25) is 0 Å². The second-order valence-corrected chi connectivity index (χ2v) is 6.68. The van der Waals surface area contributed by atoms with Gasteiger partial charge in [0.15, 0.2) is 0 Å². The molecule has 1 amide bonds. The topological polar surface area (TPSA) is 54.6 Å². The van der Waals surface area contributed by atoms with Crippen molar-refractivity contribution in [2.24, 2.45) is 0 Å². The van der Waals surface area contributed by atoms with E-state index in [-0.39, 0.29) is 12.2 Å². The van der Waals surface area contributed by atoms with E-state index in [1.807, 2.05) is 51.2 Å². The van der Waals surface area contributed by atoms with E-state index in [2.05, 4.69) is 4.98 Å². The number of likely N-dealkylation sites (tertiary alicyclic amines) is 1. The van der Waals surface area contributed by atoms with Crippen LogP contribution < -0.4 is 4.74 Å². The summed E-state index contributed by atoms with van der Waals surface area (Å²) in [6.07, 6.45) is 2.48. The van der Waals surface area contributed by atoms with Crippen LogP contribution in [0.25, 0.3) is 10.9 Å². The minimum atomic E-state index is -0.464. The van der Waals surface area contributed by atoms with Crippen LogP contribution in [0.2, 0.25) is 0 Å². The lowest BCUT2D eigenvalue weighted by atomic mass is 10.2. The van der Waals surface area contributed by atoms with Gasteiger partial charge in [-0.05, 0) is 44.4 Å². The Labute approximate surface area is 130 Å². The van der Waals surface area contributed by atoms with Crippen molar-refractivity contribution in [3.05, 3.63) is 30.5 Å². The van der Waals surface area contributed by atoms with Crippen molar-refractivity contribution in [3.8, 4) is 5.75 Å². The smallest absolute Gasteiger partial charge is 0.410 e. The number of amides is 1. The Balaban J connectivity index is 1.59. The highest BCUT2D eigenvalue weighted by Gasteiger charge is 2.30. The average molecular weight is 302 g/mol. The molecule has 0 spiro atoms. The molecule has 5 heteroatoms. The van der Waals surface area contributed by atoms with Crippen LogP contribution in [0, 0.1) is 0 Å². The molecule has 1 aromatic heterocycles. The Morgan fingerprint density at radius 1 is 1.32 bits per heavy atom. The molecule has 0 radical (unpaired) electrons. The van der Waals surface area contributed by atoms with Gasteiger partial charge in [-0.25, -0.2) is 4.79 Å². The van der Waals surface area contributed by atoms with Crippen molar-refractivity contribution < 1.29 is 14.3 Å². The number of hydrogen-bond donors (Lipinski definition) is 1. The molecular weight excluding hydrogens is 280 g/mol. The van der Waals surface area contributed by atoms with Crippen molar-refractivity contribution >= 4 is 17.0 Å². The minimum Gasteiger partial charge on any atom is -0.488 e. The second-order valence-electron chi connectivity index (χ2n) is 6.68. The maximum Gasteiger partial charge on any atom is 0.410 e. The summed E-state index contributed by atoms with van der Waals surface area (Å²) in [6.45, 7) is 6.86. The highest BCUT2D eigenvalue weighted by Crippen LogP contribution is 2.23. The number of rotatable bonds is 2. The molecule has 1 saturated heterocycles. The van der Waals surface area contributed by atoms with Gasteiger partial charge in [0.25, 0.3) is 0 Å². The van der Waals surface area contributed by atoms with Crippen LogP contribution in [0.15, 0.2) is 30.5 Å². The molecule has 1 N–H and O–H groups in total. The van der Waals surface area contributed by atoms with Crippen LogP contribution in [-0.2, 0) is 4.74 Å². The van der Waals surface area contributed by atoms with Gasteiger partial charge in [0.05, 0.1) is 6.54 Å². The first-order chi connectivity index (χ1) is 10.4. The van der Waals surface area contributed by atoms with E-state index in [0.717, 1.165) is 23.1 Å². The Bertz CT molecular complexity index is 672. The predicted octanol–water partition coefficient (Wildman–Crippen LogP) is 3.56.